The van der Waals surface area contributed by atoms with Crippen LogP contribution in [0.4, 0.5) is 4.39 Å². The number of hydrogen-bond donors (Lipinski definition) is 3. The highest BCUT2D eigenvalue weighted by molar-refractivity contribution is 6.30. The molecular formula is C22H29ClFN3O3. The summed E-state index contributed by atoms with van der Waals surface area (Å²) in [7, 11) is 0. The Morgan fingerprint density at radius 1 is 1.23 bits per heavy atom. The fourth-order valence-corrected chi connectivity index (χ4v) is 5.31. The normalized spacial score (nSPS) is 27.9. The number of fused-ring (bicyclic) bond motifs is 1. The van der Waals surface area contributed by atoms with Gasteiger partial charge in [0.25, 0.3) is 5.91 Å². The van der Waals surface area contributed by atoms with Gasteiger partial charge in [-0.15, -0.1) is 0 Å². The van der Waals surface area contributed by atoms with E-state index < -0.39 is 5.82 Å². The molecule has 164 valence electrons. The number of rotatable bonds is 8. The molecule has 1 saturated heterocycles. The highest BCUT2D eigenvalue weighted by Gasteiger charge is 2.58. The Labute approximate surface area is 181 Å². The number of carbonyl (C=O) groups is 2. The van der Waals surface area contributed by atoms with Crippen LogP contribution < -0.4 is 20.7 Å². The molecule has 4 aliphatic rings. The Morgan fingerprint density at radius 3 is 2.73 bits per heavy atom. The molecule has 1 unspecified atom stereocenters. The summed E-state index contributed by atoms with van der Waals surface area (Å²) in [5, 5.41) is 9.52. The quantitative estimate of drug-likeness (QED) is 0.584. The van der Waals surface area contributed by atoms with E-state index in [4.69, 9.17) is 16.3 Å². The lowest BCUT2D eigenvalue weighted by atomic mass is 9.76. The molecule has 3 aliphatic carbocycles. The van der Waals surface area contributed by atoms with E-state index in [-0.39, 0.29) is 40.7 Å². The third-order valence-electron chi connectivity index (χ3n) is 6.80. The number of hydrogen-bond acceptors (Lipinski definition) is 4. The molecule has 1 atom stereocenters. The Hall–Kier alpha value is -1.86. The van der Waals surface area contributed by atoms with E-state index in [0.717, 1.165) is 45.0 Å². The van der Waals surface area contributed by atoms with Crippen LogP contribution >= 0.6 is 11.6 Å². The summed E-state index contributed by atoms with van der Waals surface area (Å²) in [6, 6.07) is 4.08. The fourth-order valence-electron chi connectivity index (χ4n) is 5.19. The number of nitrogens with one attached hydrogen (secondary N) is 3. The second kappa shape index (κ2) is 9.10. The van der Waals surface area contributed by atoms with Gasteiger partial charge >= 0.3 is 0 Å². The van der Waals surface area contributed by atoms with Crippen LogP contribution in [0, 0.1) is 23.6 Å². The number of benzene rings is 1. The summed E-state index contributed by atoms with van der Waals surface area (Å²) in [5.74, 6) is 0.558. The molecular weight excluding hydrogens is 409 g/mol. The highest BCUT2D eigenvalue weighted by Crippen LogP contribution is 2.55. The maximum Gasteiger partial charge on any atom is 0.258 e. The van der Waals surface area contributed by atoms with E-state index >= 15 is 0 Å². The zero-order chi connectivity index (χ0) is 21.1. The molecule has 1 aromatic rings. The van der Waals surface area contributed by atoms with Gasteiger partial charge in [0.2, 0.25) is 5.91 Å². The van der Waals surface area contributed by atoms with Crippen LogP contribution in [0.25, 0.3) is 0 Å². The molecule has 5 rings (SSSR count). The van der Waals surface area contributed by atoms with Crippen molar-refractivity contribution in [3.63, 3.8) is 0 Å². The summed E-state index contributed by atoms with van der Waals surface area (Å²) in [6.45, 7) is 2.68. The predicted molar refractivity (Wildman–Crippen MR) is 112 cm³/mol. The van der Waals surface area contributed by atoms with Gasteiger partial charge in [0.15, 0.2) is 6.61 Å². The molecule has 2 bridgehead atoms. The first-order chi connectivity index (χ1) is 14.4. The van der Waals surface area contributed by atoms with Crippen molar-refractivity contribution in [1.29, 1.82) is 0 Å². The largest absolute Gasteiger partial charge is 0.484 e. The average molecular weight is 438 g/mol. The van der Waals surface area contributed by atoms with E-state index in [1.807, 2.05) is 0 Å². The van der Waals surface area contributed by atoms with Gasteiger partial charge in [-0.3, -0.25) is 9.59 Å². The topological polar surface area (TPSA) is 79.5 Å². The highest BCUT2D eigenvalue weighted by atomic mass is 35.5. The monoisotopic (exact) mass is 437 g/mol. The Balaban J connectivity index is 1.18. The number of piperidine rings is 1. The lowest BCUT2D eigenvalue weighted by molar-refractivity contribution is -0.126. The SMILES string of the molecule is O=C(COc1ccc(Cl)c(F)c1)NC12CC(C1)C(C(=O)NCCC1CCNCC1)C2. The molecule has 6 nitrogen and oxygen atoms in total. The Bertz CT molecular complexity index is 794. The van der Waals surface area contributed by atoms with Crippen LogP contribution in [0.3, 0.4) is 0 Å². The van der Waals surface area contributed by atoms with Crippen LogP contribution in [-0.4, -0.2) is 43.6 Å². The van der Waals surface area contributed by atoms with Crippen molar-refractivity contribution in [1.82, 2.24) is 16.0 Å². The second-order valence-corrected chi connectivity index (χ2v) is 9.35. The molecule has 1 aromatic carbocycles. The molecule has 0 aromatic heterocycles. The van der Waals surface area contributed by atoms with Crippen molar-refractivity contribution in [3.8, 4) is 5.75 Å². The van der Waals surface area contributed by atoms with Crippen LogP contribution in [0.2, 0.25) is 5.02 Å². The van der Waals surface area contributed by atoms with Gasteiger partial charge in [-0.25, -0.2) is 4.39 Å². The summed E-state index contributed by atoms with van der Waals surface area (Å²) >= 11 is 5.65. The maximum absolute atomic E-state index is 13.5. The molecule has 8 heteroatoms. The molecule has 4 fully saturated rings. The van der Waals surface area contributed by atoms with Gasteiger partial charge in [0, 0.05) is 24.1 Å². The molecule has 1 heterocycles. The summed E-state index contributed by atoms with van der Waals surface area (Å²) in [5.41, 5.74) is -0.298. The average Bonchev–Trinajstić information content (AvgIpc) is 3.25. The van der Waals surface area contributed by atoms with Gasteiger partial charge in [0.05, 0.1) is 5.02 Å². The van der Waals surface area contributed by atoms with Gasteiger partial charge < -0.3 is 20.7 Å². The van der Waals surface area contributed by atoms with Crippen LogP contribution in [-0.2, 0) is 9.59 Å². The Morgan fingerprint density at radius 2 is 2.00 bits per heavy atom. The zero-order valence-corrected chi connectivity index (χ0v) is 17.8. The molecule has 3 saturated carbocycles. The minimum atomic E-state index is -0.584. The third kappa shape index (κ3) is 4.89. The van der Waals surface area contributed by atoms with Gasteiger partial charge in [0.1, 0.15) is 11.6 Å². The third-order valence-corrected chi connectivity index (χ3v) is 7.10. The molecule has 1 aliphatic heterocycles. The number of halogens is 2. The lowest BCUT2D eigenvalue weighted by Gasteiger charge is -2.39. The summed E-state index contributed by atoms with van der Waals surface area (Å²) in [6.07, 6.45) is 5.75. The van der Waals surface area contributed by atoms with E-state index in [2.05, 4.69) is 16.0 Å². The molecule has 0 spiro atoms. The van der Waals surface area contributed by atoms with Crippen LogP contribution in [0.5, 0.6) is 5.75 Å². The standard InChI is InChI=1S/C22H29ClFN3O3/c23-18-2-1-16(9-19(18)24)30-13-20(28)27-22-10-15(11-22)17(12-22)21(29)26-8-5-14-3-6-25-7-4-14/h1-2,9,14-15,17,25H,3-8,10-13H2,(H,26,29)(H,27,28). The van der Waals surface area contributed by atoms with Crippen molar-refractivity contribution < 1.29 is 18.7 Å². The van der Waals surface area contributed by atoms with Crippen molar-refractivity contribution in [2.45, 2.75) is 44.1 Å². The van der Waals surface area contributed by atoms with Gasteiger partial charge in [-0.05, 0) is 75.6 Å². The molecule has 30 heavy (non-hydrogen) atoms. The lowest BCUT2D eigenvalue weighted by Crippen LogP contribution is -2.53. The van der Waals surface area contributed by atoms with Crippen molar-refractivity contribution in [2.75, 3.05) is 26.2 Å². The van der Waals surface area contributed by atoms with E-state index in [1.165, 1.54) is 25.0 Å². The van der Waals surface area contributed by atoms with Gasteiger partial charge in [-0.2, -0.15) is 0 Å². The predicted octanol–water partition coefficient (Wildman–Crippen LogP) is 2.65. The Kier molecular flexibility index (Phi) is 6.48. The number of ether oxygens (including phenoxy) is 1. The van der Waals surface area contributed by atoms with Gasteiger partial charge in [-0.1, -0.05) is 11.6 Å². The molecule has 0 radical (unpaired) electrons. The van der Waals surface area contributed by atoms with E-state index in [1.54, 1.807) is 0 Å². The minimum Gasteiger partial charge on any atom is -0.484 e. The minimum absolute atomic E-state index is 0.0113. The van der Waals surface area contributed by atoms with Crippen LogP contribution in [0.15, 0.2) is 18.2 Å². The smallest absolute Gasteiger partial charge is 0.258 e. The fraction of sp³-hybridized carbons (Fsp3) is 0.636. The maximum atomic E-state index is 13.5. The van der Waals surface area contributed by atoms with E-state index in [0.29, 0.717) is 18.3 Å². The number of amides is 2. The summed E-state index contributed by atoms with van der Waals surface area (Å²) < 4.78 is 18.8. The zero-order valence-electron chi connectivity index (χ0n) is 17.0. The first-order valence-electron chi connectivity index (χ1n) is 10.8. The van der Waals surface area contributed by atoms with Crippen molar-refractivity contribution in [3.05, 3.63) is 29.0 Å². The molecule has 3 N–H and O–H groups in total. The first kappa shape index (κ1) is 21.4. The number of carbonyl (C=O) groups excluding carboxylic acids is 2. The second-order valence-electron chi connectivity index (χ2n) is 8.95. The molecule has 2 amide bonds. The van der Waals surface area contributed by atoms with Crippen molar-refractivity contribution >= 4 is 23.4 Å². The van der Waals surface area contributed by atoms with E-state index in [9.17, 15) is 14.0 Å². The van der Waals surface area contributed by atoms with Crippen molar-refractivity contribution in [2.24, 2.45) is 17.8 Å². The van der Waals surface area contributed by atoms with Crippen LogP contribution in [0.1, 0.15) is 38.5 Å². The first-order valence-corrected chi connectivity index (χ1v) is 11.2. The summed E-state index contributed by atoms with van der Waals surface area (Å²) in [4.78, 5) is 24.9.